The molecule has 7 nitrogen and oxygen atoms in total. The van der Waals surface area contributed by atoms with E-state index in [4.69, 9.17) is 0 Å². The molecule has 0 spiro atoms. The van der Waals surface area contributed by atoms with Crippen LogP contribution in [0.2, 0.25) is 0 Å². The van der Waals surface area contributed by atoms with Crippen molar-refractivity contribution in [3.63, 3.8) is 0 Å². The summed E-state index contributed by atoms with van der Waals surface area (Å²) in [5, 5.41) is 2.75. The SMILES string of the molecule is CC[C@@H](C)NC(=O)Cn1c(=O)[nH]c2c(-c3ccccc3)c[nH]c2c1=O. The fourth-order valence-electron chi connectivity index (χ4n) is 2.68. The summed E-state index contributed by atoms with van der Waals surface area (Å²) in [4.78, 5) is 42.6. The van der Waals surface area contributed by atoms with Crippen molar-refractivity contribution in [2.24, 2.45) is 0 Å². The highest BCUT2D eigenvalue weighted by molar-refractivity contribution is 5.91. The third-order valence-corrected chi connectivity index (χ3v) is 4.22. The Kier molecular flexibility index (Phi) is 4.56. The minimum absolute atomic E-state index is 0.0128. The van der Waals surface area contributed by atoms with Gasteiger partial charge < -0.3 is 15.3 Å². The zero-order valence-corrected chi connectivity index (χ0v) is 14.1. The lowest BCUT2D eigenvalue weighted by atomic mass is 10.1. The van der Waals surface area contributed by atoms with E-state index in [1.54, 1.807) is 6.20 Å². The highest BCUT2D eigenvalue weighted by Crippen LogP contribution is 2.24. The number of carbonyl (C=O) groups is 1. The average molecular weight is 340 g/mol. The lowest BCUT2D eigenvalue weighted by Crippen LogP contribution is -2.42. The van der Waals surface area contributed by atoms with E-state index in [0.29, 0.717) is 5.52 Å². The number of rotatable bonds is 5. The number of carbonyl (C=O) groups excluding carboxylic acids is 1. The van der Waals surface area contributed by atoms with Crippen LogP contribution in [0.15, 0.2) is 46.1 Å². The first-order valence-electron chi connectivity index (χ1n) is 8.20. The van der Waals surface area contributed by atoms with Crippen molar-refractivity contribution in [3.8, 4) is 11.1 Å². The van der Waals surface area contributed by atoms with Gasteiger partial charge in [0.1, 0.15) is 12.1 Å². The molecule has 1 amide bonds. The topological polar surface area (TPSA) is 99.8 Å². The molecule has 0 fully saturated rings. The van der Waals surface area contributed by atoms with E-state index >= 15 is 0 Å². The van der Waals surface area contributed by atoms with Gasteiger partial charge in [-0.05, 0) is 18.9 Å². The number of amides is 1. The Hall–Kier alpha value is -3.09. The first-order valence-corrected chi connectivity index (χ1v) is 8.20. The van der Waals surface area contributed by atoms with Crippen LogP contribution in [0.5, 0.6) is 0 Å². The molecule has 2 aromatic heterocycles. The number of hydrogen-bond acceptors (Lipinski definition) is 3. The Bertz CT molecular complexity index is 1010. The average Bonchev–Trinajstić information content (AvgIpc) is 3.03. The normalized spacial score (nSPS) is 12.2. The van der Waals surface area contributed by atoms with E-state index in [1.165, 1.54) is 0 Å². The molecule has 0 saturated carbocycles. The van der Waals surface area contributed by atoms with Crippen molar-refractivity contribution in [1.29, 1.82) is 0 Å². The second-order valence-electron chi connectivity index (χ2n) is 6.02. The number of nitrogens with one attached hydrogen (secondary N) is 3. The molecule has 0 saturated heterocycles. The molecule has 130 valence electrons. The fraction of sp³-hybridized carbons (Fsp3) is 0.278. The Labute approximate surface area is 143 Å². The summed E-state index contributed by atoms with van der Waals surface area (Å²) >= 11 is 0. The molecule has 1 atom stereocenters. The van der Waals surface area contributed by atoms with Crippen molar-refractivity contribution in [2.75, 3.05) is 0 Å². The van der Waals surface area contributed by atoms with Gasteiger partial charge in [0.25, 0.3) is 5.56 Å². The molecule has 0 radical (unpaired) electrons. The van der Waals surface area contributed by atoms with E-state index in [2.05, 4.69) is 15.3 Å². The Morgan fingerprint density at radius 2 is 1.92 bits per heavy atom. The van der Waals surface area contributed by atoms with Crippen LogP contribution in [0, 0.1) is 0 Å². The van der Waals surface area contributed by atoms with Gasteiger partial charge >= 0.3 is 5.69 Å². The van der Waals surface area contributed by atoms with E-state index in [1.807, 2.05) is 44.2 Å². The van der Waals surface area contributed by atoms with Gasteiger partial charge in [-0.2, -0.15) is 0 Å². The van der Waals surface area contributed by atoms with Crippen LogP contribution < -0.4 is 16.6 Å². The quantitative estimate of drug-likeness (QED) is 0.658. The van der Waals surface area contributed by atoms with Crippen LogP contribution in [0.4, 0.5) is 0 Å². The van der Waals surface area contributed by atoms with Gasteiger partial charge in [0.15, 0.2) is 0 Å². The zero-order valence-electron chi connectivity index (χ0n) is 14.1. The number of hydrogen-bond donors (Lipinski definition) is 3. The smallest absolute Gasteiger partial charge is 0.329 e. The molecule has 25 heavy (non-hydrogen) atoms. The van der Waals surface area contributed by atoms with Gasteiger partial charge in [0.05, 0.1) is 5.52 Å². The molecule has 3 N–H and O–H groups in total. The van der Waals surface area contributed by atoms with Crippen molar-refractivity contribution in [3.05, 3.63) is 57.4 Å². The van der Waals surface area contributed by atoms with Crippen molar-refractivity contribution >= 4 is 16.9 Å². The Morgan fingerprint density at radius 1 is 1.20 bits per heavy atom. The molecule has 7 heteroatoms. The van der Waals surface area contributed by atoms with Crippen LogP contribution in [0.1, 0.15) is 20.3 Å². The number of benzene rings is 1. The van der Waals surface area contributed by atoms with Crippen molar-refractivity contribution in [1.82, 2.24) is 19.9 Å². The van der Waals surface area contributed by atoms with Gasteiger partial charge in [-0.25, -0.2) is 9.36 Å². The molecule has 0 unspecified atom stereocenters. The maximum absolute atomic E-state index is 12.6. The lowest BCUT2D eigenvalue weighted by molar-refractivity contribution is -0.122. The number of fused-ring (bicyclic) bond motifs is 1. The summed E-state index contributed by atoms with van der Waals surface area (Å²) in [7, 11) is 0. The third kappa shape index (κ3) is 3.26. The number of aromatic amines is 2. The van der Waals surface area contributed by atoms with Crippen molar-refractivity contribution in [2.45, 2.75) is 32.9 Å². The predicted molar refractivity (Wildman–Crippen MR) is 96.5 cm³/mol. The second-order valence-corrected chi connectivity index (χ2v) is 6.02. The predicted octanol–water partition coefficient (Wildman–Crippen LogP) is 1.60. The molecule has 2 heterocycles. The monoisotopic (exact) mass is 340 g/mol. The lowest BCUT2D eigenvalue weighted by Gasteiger charge is -2.11. The largest absolute Gasteiger partial charge is 0.355 e. The van der Waals surface area contributed by atoms with Gasteiger partial charge in [0, 0.05) is 17.8 Å². The number of nitrogens with zero attached hydrogens (tertiary/aromatic N) is 1. The van der Waals surface area contributed by atoms with Crippen molar-refractivity contribution < 1.29 is 4.79 Å². The third-order valence-electron chi connectivity index (χ3n) is 4.22. The van der Waals surface area contributed by atoms with E-state index in [0.717, 1.165) is 22.1 Å². The minimum atomic E-state index is -0.603. The summed E-state index contributed by atoms with van der Waals surface area (Å²) < 4.78 is 0.908. The summed E-state index contributed by atoms with van der Waals surface area (Å²) in [5.74, 6) is -0.365. The van der Waals surface area contributed by atoms with Crippen LogP contribution in [0.25, 0.3) is 22.2 Å². The number of H-pyrrole nitrogens is 2. The zero-order chi connectivity index (χ0) is 18.0. The van der Waals surface area contributed by atoms with Gasteiger partial charge in [-0.1, -0.05) is 37.3 Å². The maximum Gasteiger partial charge on any atom is 0.329 e. The Balaban J connectivity index is 2.02. The molecule has 1 aromatic carbocycles. The molecule has 3 rings (SSSR count). The molecular weight excluding hydrogens is 320 g/mol. The van der Waals surface area contributed by atoms with Gasteiger partial charge in [-0.15, -0.1) is 0 Å². The molecule has 0 bridgehead atoms. The van der Waals surface area contributed by atoms with E-state index in [-0.39, 0.29) is 24.0 Å². The molecule has 0 aliphatic heterocycles. The molecule has 0 aliphatic rings. The fourth-order valence-corrected chi connectivity index (χ4v) is 2.68. The maximum atomic E-state index is 12.6. The van der Waals surface area contributed by atoms with Crippen LogP contribution in [0.3, 0.4) is 0 Å². The van der Waals surface area contributed by atoms with Crippen LogP contribution >= 0.6 is 0 Å². The first-order chi connectivity index (χ1) is 12.0. The molecule has 0 aliphatic carbocycles. The van der Waals surface area contributed by atoms with Gasteiger partial charge in [0.2, 0.25) is 5.91 Å². The summed E-state index contributed by atoms with van der Waals surface area (Å²) in [5.41, 5.74) is 1.22. The van der Waals surface area contributed by atoms with E-state index < -0.39 is 11.2 Å². The molecule has 3 aromatic rings. The number of aromatic nitrogens is 3. The summed E-state index contributed by atoms with van der Waals surface area (Å²) in [6, 6.07) is 9.43. The highest BCUT2D eigenvalue weighted by atomic mass is 16.2. The highest BCUT2D eigenvalue weighted by Gasteiger charge is 2.16. The standard InChI is InChI=1S/C18H20N4O3/c1-3-11(2)20-14(23)10-22-17(24)16-15(21-18(22)25)13(9-19-16)12-7-5-4-6-8-12/h4-9,11,19H,3,10H2,1-2H3,(H,20,23)(H,21,25)/t11-/m1/s1. The summed E-state index contributed by atoms with van der Waals surface area (Å²) in [6.45, 7) is 3.50. The van der Waals surface area contributed by atoms with E-state index in [9.17, 15) is 14.4 Å². The summed E-state index contributed by atoms with van der Waals surface area (Å²) in [6.07, 6.45) is 2.45. The van der Waals surface area contributed by atoms with Crippen LogP contribution in [-0.4, -0.2) is 26.5 Å². The molecular formula is C18H20N4O3. The van der Waals surface area contributed by atoms with Crippen LogP contribution in [-0.2, 0) is 11.3 Å². The minimum Gasteiger partial charge on any atom is -0.355 e. The second kappa shape index (κ2) is 6.80. The first kappa shape index (κ1) is 16.8. The Morgan fingerprint density at radius 3 is 2.60 bits per heavy atom. The van der Waals surface area contributed by atoms with Gasteiger partial charge in [-0.3, -0.25) is 9.59 Å².